The highest BCUT2D eigenvalue weighted by Crippen LogP contribution is 2.34. The van der Waals surface area contributed by atoms with Gasteiger partial charge in [-0.3, -0.25) is 4.79 Å². The molecule has 34 heavy (non-hydrogen) atoms. The predicted molar refractivity (Wildman–Crippen MR) is 120 cm³/mol. The van der Waals surface area contributed by atoms with Crippen molar-refractivity contribution in [2.45, 2.75) is 6.43 Å². The van der Waals surface area contributed by atoms with E-state index in [2.05, 4.69) is 26.0 Å². The first-order valence-corrected chi connectivity index (χ1v) is 9.77. The van der Waals surface area contributed by atoms with Crippen LogP contribution in [0.25, 0.3) is 0 Å². The number of para-hydroxylation sites is 1. The Morgan fingerprint density at radius 1 is 1.12 bits per heavy atom. The smallest absolute Gasteiger partial charge is 0.266 e. The number of benzene rings is 1. The molecule has 0 atom stereocenters. The Labute approximate surface area is 193 Å². The molecule has 12 heteroatoms. The molecule has 0 saturated heterocycles. The molecule has 0 fully saturated rings. The molecule has 0 spiro atoms. The number of carbonyl (C=O) groups is 1. The number of rotatable bonds is 9. The molecule has 3 N–H and O–H groups in total. The van der Waals surface area contributed by atoms with E-state index in [1.807, 2.05) is 0 Å². The van der Waals surface area contributed by atoms with Gasteiger partial charge in [-0.25, -0.2) is 28.1 Å². The maximum absolute atomic E-state index is 14.1. The molecule has 1 aromatic carbocycles. The second-order valence-electron chi connectivity index (χ2n) is 7.06. The third kappa shape index (κ3) is 5.33. The van der Waals surface area contributed by atoms with Crippen molar-refractivity contribution in [1.82, 2.24) is 15.0 Å². The van der Waals surface area contributed by atoms with Crippen LogP contribution < -0.4 is 20.8 Å². The highest BCUT2D eigenvalue weighted by atomic mass is 19.3. The van der Waals surface area contributed by atoms with E-state index >= 15 is 0 Å². The first-order chi connectivity index (χ1) is 16.3. The molecule has 3 rings (SSSR count). The maximum atomic E-state index is 14.1. The summed E-state index contributed by atoms with van der Waals surface area (Å²) >= 11 is 0. The zero-order valence-corrected chi connectivity index (χ0v) is 18.4. The maximum Gasteiger partial charge on any atom is 0.266 e. The summed E-state index contributed by atoms with van der Waals surface area (Å²) in [6.45, 7) is 0. The Morgan fingerprint density at radius 3 is 2.50 bits per heavy atom. The van der Waals surface area contributed by atoms with Crippen LogP contribution in [-0.2, 0) is 0 Å². The van der Waals surface area contributed by atoms with Gasteiger partial charge in [0.25, 0.3) is 6.43 Å². The lowest BCUT2D eigenvalue weighted by Gasteiger charge is -2.19. The molecule has 3 aromatic rings. The molecule has 2 aromatic heterocycles. The molecule has 0 amide bonds. The minimum atomic E-state index is -2.85. The molecule has 0 aliphatic carbocycles. The summed E-state index contributed by atoms with van der Waals surface area (Å²) in [5.74, 6) is -0.277. The number of carbonyl (C=O) groups excluding carboxylic acids is 1. The number of pyridine rings is 2. The summed E-state index contributed by atoms with van der Waals surface area (Å²) in [4.78, 5) is 20.2. The van der Waals surface area contributed by atoms with Gasteiger partial charge in [-0.2, -0.15) is 5.26 Å². The number of nitriles is 1. The summed E-state index contributed by atoms with van der Waals surface area (Å²) in [5, 5.41) is 16.5. The van der Waals surface area contributed by atoms with E-state index in [4.69, 9.17) is 10.00 Å². The highest BCUT2D eigenvalue weighted by Gasteiger charge is 2.18. The molecular weight excluding hydrogens is 451 g/mol. The number of aromatic nitrogens is 2. The van der Waals surface area contributed by atoms with Crippen LogP contribution in [0.1, 0.15) is 28.0 Å². The topological polar surface area (TPSA) is 115 Å². The number of hydrogen-bond donors (Lipinski definition) is 3. The van der Waals surface area contributed by atoms with Gasteiger partial charge in [0.15, 0.2) is 29.4 Å². The van der Waals surface area contributed by atoms with Gasteiger partial charge in [0, 0.05) is 20.2 Å². The average molecular weight is 471 g/mol. The van der Waals surface area contributed by atoms with Crippen molar-refractivity contribution < 1.29 is 22.7 Å². The van der Waals surface area contributed by atoms with E-state index in [0.29, 0.717) is 6.29 Å². The number of ether oxygens (including phenoxy) is 1. The third-order valence-electron chi connectivity index (χ3n) is 4.47. The van der Waals surface area contributed by atoms with Gasteiger partial charge in [0.2, 0.25) is 0 Å². The molecule has 9 nitrogen and oxygen atoms in total. The van der Waals surface area contributed by atoms with Crippen LogP contribution in [-0.4, -0.2) is 42.5 Å². The fourth-order valence-corrected chi connectivity index (χ4v) is 3.03. The molecular formula is C22H20F3N7O2. The van der Waals surface area contributed by atoms with Crippen molar-refractivity contribution in [3.05, 3.63) is 59.0 Å². The first kappa shape index (κ1) is 24.3. The largest absolute Gasteiger partial charge is 0.492 e. The Balaban J connectivity index is 2.08. The van der Waals surface area contributed by atoms with Gasteiger partial charge in [-0.1, -0.05) is 6.07 Å². The molecule has 0 bridgehead atoms. The van der Waals surface area contributed by atoms with Gasteiger partial charge < -0.3 is 20.8 Å². The lowest BCUT2D eigenvalue weighted by molar-refractivity contribution is 0.112. The first-order valence-electron chi connectivity index (χ1n) is 9.77. The van der Waals surface area contributed by atoms with Crippen molar-refractivity contribution in [1.29, 1.82) is 5.26 Å². The van der Waals surface area contributed by atoms with Crippen molar-refractivity contribution in [2.75, 3.05) is 37.3 Å². The highest BCUT2D eigenvalue weighted by molar-refractivity contribution is 5.94. The molecule has 0 radical (unpaired) electrons. The van der Waals surface area contributed by atoms with Gasteiger partial charge in [-0.05, 0) is 24.3 Å². The Morgan fingerprint density at radius 2 is 1.88 bits per heavy atom. The zero-order valence-electron chi connectivity index (χ0n) is 18.4. The van der Waals surface area contributed by atoms with Gasteiger partial charge in [0.05, 0.1) is 29.6 Å². The minimum absolute atomic E-state index is 0.0595. The fourth-order valence-electron chi connectivity index (χ4n) is 3.03. The summed E-state index contributed by atoms with van der Waals surface area (Å²) in [7, 11) is 4.68. The van der Waals surface area contributed by atoms with Gasteiger partial charge in [0.1, 0.15) is 17.7 Å². The fraction of sp³-hybridized carbons (Fsp3) is 0.182. The minimum Gasteiger partial charge on any atom is -0.492 e. The number of nitrogens with zero attached hydrogens (tertiary/aromatic N) is 4. The lowest BCUT2D eigenvalue weighted by Crippen LogP contribution is -2.22. The van der Waals surface area contributed by atoms with Gasteiger partial charge in [-0.15, -0.1) is 0 Å². The summed E-state index contributed by atoms with van der Waals surface area (Å²) in [5.41, 5.74) is 2.60. The summed E-state index contributed by atoms with van der Waals surface area (Å²) < 4.78 is 45.4. The number of methoxy groups -OCH3 is 1. The number of alkyl halides is 2. The van der Waals surface area contributed by atoms with E-state index in [-0.39, 0.29) is 40.1 Å². The van der Waals surface area contributed by atoms with Crippen LogP contribution in [0.4, 0.5) is 42.0 Å². The molecule has 0 aliphatic rings. The van der Waals surface area contributed by atoms with Crippen LogP contribution in [0.2, 0.25) is 0 Å². The standard InChI is InChI=1S/C22H20F3N7O2/c1-32(2)31-22-13(11-33)16(27-15-6-4-5-14(23)20(15)34-3)9-19(30-22)29-18-8-7-12(21(24)25)17(10-26)28-18/h4-9,11,21H,1-3H3,(H3,27,28,29,30,31). The van der Waals surface area contributed by atoms with Crippen LogP contribution >= 0.6 is 0 Å². The zero-order chi connectivity index (χ0) is 24.8. The quantitative estimate of drug-likeness (QED) is 0.304. The van der Waals surface area contributed by atoms with Crippen molar-refractivity contribution in [3.8, 4) is 11.8 Å². The van der Waals surface area contributed by atoms with E-state index in [1.165, 1.54) is 31.4 Å². The number of anilines is 5. The number of hydrogen-bond acceptors (Lipinski definition) is 9. The second-order valence-corrected chi connectivity index (χ2v) is 7.06. The van der Waals surface area contributed by atoms with Crippen molar-refractivity contribution >= 4 is 35.1 Å². The predicted octanol–water partition coefficient (Wildman–Crippen LogP) is 4.62. The molecule has 0 aliphatic heterocycles. The Hall–Kier alpha value is -4.37. The second kappa shape index (κ2) is 10.5. The van der Waals surface area contributed by atoms with Crippen LogP contribution in [0.15, 0.2) is 36.4 Å². The van der Waals surface area contributed by atoms with Crippen LogP contribution in [0.3, 0.4) is 0 Å². The molecule has 176 valence electrons. The molecule has 0 unspecified atom stereocenters. The monoisotopic (exact) mass is 471 g/mol. The molecule has 2 heterocycles. The van der Waals surface area contributed by atoms with E-state index < -0.39 is 23.5 Å². The van der Waals surface area contributed by atoms with E-state index in [9.17, 15) is 18.0 Å². The van der Waals surface area contributed by atoms with Crippen molar-refractivity contribution in [2.24, 2.45) is 0 Å². The summed E-state index contributed by atoms with van der Waals surface area (Å²) in [6.07, 6.45) is -2.28. The van der Waals surface area contributed by atoms with Crippen LogP contribution in [0.5, 0.6) is 5.75 Å². The van der Waals surface area contributed by atoms with Gasteiger partial charge >= 0.3 is 0 Å². The number of hydrazine groups is 1. The Bertz CT molecular complexity index is 1250. The van der Waals surface area contributed by atoms with E-state index in [0.717, 1.165) is 6.07 Å². The number of halogens is 3. The van der Waals surface area contributed by atoms with E-state index in [1.54, 1.807) is 31.2 Å². The number of aldehydes is 1. The molecule has 0 saturated carbocycles. The van der Waals surface area contributed by atoms with Crippen LogP contribution in [0, 0.1) is 17.1 Å². The lowest BCUT2D eigenvalue weighted by atomic mass is 10.2. The average Bonchev–Trinajstić information content (AvgIpc) is 2.78. The SMILES string of the molecule is COc1c(F)cccc1Nc1cc(Nc2ccc(C(F)F)c(C#N)n2)nc(NN(C)C)c1C=O. The third-order valence-corrected chi connectivity index (χ3v) is 4.47. The normalized spacial score (nSPS) is 10.7. The summed E-state index contributed by atoms with van der Waals surface area (Å²) in [6, 6.07) is 9.72. The number of nitrogens with one attached hydrogen (secondary N) is 3. The van der Waals surface area contributed by atoms with Crippen molar-refractivity contribution in [3.63, 3.8) is 0 Å². The Kier molecular flexibility index (Phi) is 7.50.